The molecule has 2 aromatic heterocycles. The van der Waals surface area contributed by atoms with Crippen LogP contribution in [-0.4, -0.2) is 44.7 Å². The fourth-order valence-electron chi connectivity index (χ4n) is 7.00. The molecular weight excluding hydrogens is 621 g/mol. The van der Waals surface area contributed by atoms with Crippen molar-refractivity contribution >= 4 is 62.6 Å². The maximum absolute atomic E-state index is 14.9. The summed E-state index contributed by atoms with van der Waals surface area (Å²) in [5.41, 5.74) is 4.44. The van der Waals surface area contributed by atoms with Crippen LogP contribution in [0.25, 0.3) is 33.8 Å². The molecule has 240 valence electrons. The second-order valence-corrected chi connectivity index (χ2v) is 12.8. The highest BCUT2D eigenvalue weighted by molar-refractivity contribution is 6.20. The zero-order valence-electron chi connectivity index (χ0n) is 26.8. The van der Waals surface area contributed by atoms with Crippen molar-refractivity contribution in [1.82, 2.24) is 15.3 Å². The number of carbonyl (C=O) groups is 2. The number of allylic oxidation sites excluding steroid dienone is 4. The number of rotatable bonds is 4. The fourth-order valence-corrected chi connectivity index (χ4v) is 7.00. The van der Waals surface area contributed by atoms with Crippen LogP contribution in [0.2, 0.25) is 0 Å². The van der Waals surface area contributed by atoms with Crippen LogP contribution >= 0.6 is 0 Å². The summed E-state index contributed by atoms with van der Waals surface area (Å²) in [6.07, 6.45) is 19.0. The van der Waals surface area contributed by atoms with Gasteiger partial charge in [0.2, 0.25) is 5.91 Å². The predicted octanol–water partition coefficient (Wildman–Crippen LogP) is 5.17. The van der Waals surface area contributed by atoms with Crippen LogP contribution in [0.4, 0.5) is 5.69 Å². The molecule has 8 nitrogen and oxygen atoms in total. The summed E-state index contributed by atoms with van der Waals surface area (Å²) in [7, 11) is 0. The number of hydrogen-bond acceptors (Lipinski definition) is 6. The Balaban J connectivity index is 1.17. The van der Waals surface area contributed by atoms with E-state index >= 15 is 0 Å². The maximum Gasteiger partial charge on any atom is 0.248 e. The fraction of sp³-hybridized carbons (Fsp3) is 0.0714. The first-order valence-corrected chi connectivity index (χ1v) is 16.5. The van der Waals surface area contributed by atoms with Gasteiger partial charge in [0, 0.05) is 46.0 Å². The number of nitrogens with one attached hydrogen (secondary N) is 3. The van der Waals surface area contributed by atoms with Crippen molar-refractivity contribution in [3.05, 3.63) is 167 Å². The summed E-state index contributed by atoms with van der Waals surface area (Å²) in [6.45, 7) is 0. The van der Waals surface area contributed by atoms with Crippen LogP contribution in [0, 0.1) is 0 Å². The topological polar surface area (TPSA) is 112 Å². The molecule has 0 saturated carbocycles. The monoisotopic (exact) mass is 650 g/mol. The van der Waals surface area contributed by atoms with Crippen molar-refractivity contribution in [3.8, 4) is 0 Å². The first-order valence-electron chi connectivity index (χ1n) is 16.5. The lowest BCUT2D eigenvalue weighted by atomic mass is 9.85. The largest absolute Gasteiger partial charge is 0.355 e. The molecule has 50 heavy (non-hydrogen) atoms. The standard InChI is InChI=1S/C42H30N6O2/c49-40(47-30-15-16-38-29(19-30)6-3-17-43-38)23-37-39-22-35-12-11-33(45-35)20-31-9-10-32(44-31)21-34-13-14-36(46-34)25-42(48-39,41(37)50)24-26-7-8-27-4-1-2-5-28(27)18-26/h1-23,25,39,44,48H,24H2,(H,47,49)/b31-20?,32-21?,35-22?,36-25?,37-23+. The van der Waals surface area contributed by atoms with Gasteiger partial charge in [-0.3, -0.25) is 19.9 Å². The Morgan fingerprint density at radius 1 is 0.800 bits per heavy atom. The molecule has 8 heteroatoms. The predicted molar refractivity (Wildman–Crippen MR) is 199 cm³/mol. The van der Waals surface area contributed by atoms with Gasteiger partial charge in [0.1, 0.15) is 5.54 Å². The third-order valence-corrected chi connectivity index (χ3v) is 9.31. The Morgan fingerprint density at radius 2 is 1.56 bits per heavy atom. The lowest BCUT2D eigenvalue weighted by molar-refractivity contribution is -0.118. The van der Waals surface area contributed by atoms with E-state index in [2.05, 4.69) is 50.9 Å². The summed E-state index contributed by atoms with van der Waals surface area (Å²) in [4.78, 5) is 46.1. The minimum atomic E-state index is -1.21. The zero-order valence-corrected chi connectivity index (χ0v) is 26.8. The van der Waals surface area contributed by atoms with Crippen molar-refractivity contribution in [2.24, 2.45) is 9.98 Å². The number of benzene rings is 3. The van der Waals surface area contributed by atoms with E-state index in [1.807, 2.05) is 103 Å². The SMILES string of the molecule is O=C(/C=C1/C(=O)C2(Cc3ccc4ccccc4c3)C=C3C=CC(=N3)C=c3ccc([nH]3)=CC3=NC(=CC1N2)C=C3)Nc1ccc2ncccc2c1. The molecule has 0 aliphatic carbocycles. The molecule has 9 rings (SSSR count). The van der Waals surface area contributed by atoms with Crippen LogP contribution < -0.4 is 21.3 Å². The molecule has 2 unspecified atom stereocenters. The molecule has 4 aliphatic rings. The van der Waals surface area contributed by atoms with Crippen molar-refractivity contribution in [2.45, 2.75) is 18.0 Å². The summed E-state index contributed by atoms with van der Waals surface area (Å²) in [5.74, 6) is -0.603. The Morgan fingerprint density at radius 3 is 2.40 bits per heavy atom. The van der Waals surface area contributed by atoms with E-state index in [0.29, 0.717) is 29.1 Å². The number of aliphatic imine (C=N–C) groups is 2. The molecule has 8 bridgehead atoms. The molecule has 4 aliphatic heterocycles. The van der Waals surface area contributed by atoms with Gasteiger partial charge in [-0.15, -0.1) is 0 Å². The number of nitrogens with zero attached hydrogens (tertiary/aromatic N) is 3. The quantitative estimate of drug-likeness (QED) is 0.233. The molecule has 6 heterocycles. The van der Waals surface area contributed by atoms with Gasteiger partial charge in [-0.25, -0.2) is 9.98 Å². The Hall–Kier alpha value is -6.51. The molecule has 1 fully saturated rings. The normalized spacial score (nSPS) is 21.5. The van der Waals surface area contributed by atoms with E-state index in [-0.39, 0.29) is 5.78 Å². The number of aromatic nitrogens is 2. The lowest BCUT2D eigenvalue weighted by Crippen LogP contribution is -2.47. The molecule has 1 saturated heterocycles. The second kappa shape index (κ2) is 11.9. The van der Waals surface area contributed by atoms with Crippen LogP contribution in [0.1, 0.15) is 5.56 Å². The van der Waals surface area contributed by atoms with E-state index in [1.54, 1.807) is 6.20 Å². The number of pyridine rings is 1. The van der Waals surface area contributed by atoms with Gasteiger partial charge in [-0.1, -0.05) is 48.5 Å². The van der Waals surface area contributed by atoms with Gasteiger partial charge in [-0.2, -0.15) is 0 Å². The van der Waals surface area contributed by atoms with E-state index in [1.165, 1.54) is 6.08 Å². The second-order valence-electron chi connectivity index (χ2n) is 12.8. The molecule has 1 amide bonds. The average Bonchev–Trinajstić information content (AvgIpc) is 3.91. The van der Waals surface area contributed by atoms with Crippen LogP contribution in [0.15, 0.2) is 161 Å². The first kappa shape index (κ1) is 29.6. The number of Topliss-reactive ketones (excluding diaryl/α,β-unsaturated/α-hetero) is 1. The molecular formula is C42H30N6O2. The highest BCUT2D eigenvalue weighted by Crippen LogP contribution is 2.34. The van der Waals surface area contributed by atoms with Gasteiger partial charge in [0.15, 0.2) is 5.78 Å². The molecule has 3 N–H and O–H groups in total. The number of carbonyl (C=O) groups excluding carboxylic acids is 2. The summed E-state index contributed by atoms with van der Waals surface area (Å²) in [6, 6.07) is 27.2. The zero-order chi connectivity index (χ0) is 33.7. The van der Waals surface area contributed by atoms with Gasteiger partial charge < -0.3 is 10.3 Å². The molecule has 5 aromatic rings. The van der Waals surface area contributed by atoms with E-state index < -0.39 is 17.5 Å². The van der Waals surface area contributed by atoms with Crippen LogP contribution in [0.3, 0.4) is 0 Å². The van der Waals surface area contributed by atoms with Crippen LogP contribution in [-0.2, 0) is 16.0 Å². The smallest absolute Gasteiger partial charge is 0.248 e. The summed E-state index contributed by atoms with van der Waals surface area (Å²) >= 11 is 0. The molecule has 0 radical (unpaired) electrons. The Bertz CT molecular complexity index is 2630. The minimum Gasteiger partial charge on any atom is -0.355 e. The van der Waals surface area contributed by atoms with Crippen molar-refractivity contribution < 1.29 is 9.59 Å². The third kappa shape index (κ3) is 5.67. The van der Waals surface area contributed by atoms with Gasteiger partial charge in [0.05, 0.1) is 34.4 Å². The number of fused-ring (bicyclic) bond motifs is 8. The highest BCUT2D eigenvalue weighted by Gasteiger charge is 2.48. The minimum absolute atomic E-state index is 0.199. The van der Waals surface area contributed by atoms with Gasteiger partial charge in [0.25, 0.3) is 0 Å². The lowest BCUT2D eigenvalue weighted by Gasteiger charge is -2.25. The average molecular weight is 651 g/mol. The van der Waals surface area contributed by atoms with E-state index in [4.69, 9.17) is 9.98 Å². The number of hydrogen-bond donors (Lipinski definition) is 3. The van der Waals surface area contributed by atoms with Crippen molar-refractivity contribution in [3.63, 3.8) is 0 Å². The number of amides is 1. The van der Waals surface area contributed by atoms with Crippen molar-refractivity contribution in [1.29, 1.82) is 0 Å². The highest BCUT2D eigenvalue weighted by atomic mass is 16.2. The Labute approximate surface area is 287 Å². The van der Waals surface area contributed by atoms with Gasteiger partial charge >= 0.3 is 0 Å². The summed E-state index contributed by atoms with van der Waals surface area (Å²) in [5, 5.41) is 11.5. The van der Waals surface area contributed by atoms with Gasteiger partial charge in [-0.05, 0) is 101 Å². The first-order chi connectivity index (χ1) is 24.4. The molecule has 2 atom stereocenters. The molecule has 0 spiro atoms. The number of aromatic amines is 1. The van der Waals surface area contributed by atoms with E-state index in [9.17, 15) is 9.59 Å². The molecule has 3 aromatic carbocycles. The number of ketones is 1. The Kier molecular flexibility index (Phi) is 7.03. The summed E-state index contributed by atoms with van der Waals surface area (Å²) < 4.78 is 0. The number of H-pyrrole nitrogens is 1. The number of anilines is 1. The van der Waals surface area contributed by atoms with Crippen molar-refractivity contribution in [2.75, 3.05) is 5.32 Å². The third-order valence-electron chi connectivity index (χ3n) is 9.31. The van der Waals surface area contributed by atoms with E-state index in [0.717, 1.165) is 49.4 Å². The maximum atomic E-state index is 14.9. The van der Waals surface area contributed by atoms with Crippen LogP contribution in [0.5, 0.6) is 0 Å².